The normalized spacial score (nSPS) is 17.0. The number of rotatable bonds is 7. The third-order valence-electron chi connectivity index (χ3n) is 4.28. The molecule has 1 atom stereocenters. The van der Waals surface area contributed by atoms with Crippen LogP contribution in [0.3, 0.4) is 0 Å². The van der Waals surface area contributed by atoms with Crippen molar-refractivity contribution in [3.63, 3.8) is 0 Å². The van der Waals surface area contributed by atoms with Crippen LogP contribution in [0.25, 0.3) is 0 Å². The number of nitrogens with one attached hydrogen (secondary N) is 1. The van der Waals surface area contributed by atoms with E-state index >= 15 is 0 Å². The first-order valence-electron chi connectivity index (χ1n) is 8.04. The summed E-state index contributed by atoms with van der Waals surface area (Å²) in [7, 11) is 0. The van der Waals surface area contributed by atoms with Crippen molar-refractivity contribution in [2.75, 3.05) is 13.2 Å². The zero-order valence-corrected chi connectivity index (χ0v) is 13.5. The third kappa shape index (κ3) is 3.83. The summed E-state index contributed by atoms with van der Waals surface area (Å²) >= 11 is 0. The predicted molar refractivity (Wildman–Crippen MR) is 85.3 cm³/mol. The van der Waals surface area contributed by atoms with Crippen LogP contribution in [0.1, 0.15) is 60.9 Å². The minimum absolute atomic E-state index is 0.330. The van der Waals surface area contributed by atoms with Crippen LogP contribution >= 0.6 is 0 Å². The van der Waals surface area contributed by atoms with E-state index in [1.165, 1.54) is 41.5 Å². The molecule has 0 saturated heterocycles. The highest BCUT2D eigenvalue weighted by Gasteiger charge is 2.22. The maximum absolute atomic E-state index is 6.07. The van der Waals surface area contributed by atoms with E-state index in [0.717, 1.165) is 19.6 Å². The van der Waals surface area contributed by atoms with Crippen LogP contribution in [0.2, 0.25) is 0 Å². The fourth-order valence-corrected chi connectivity index (χ4v) is 3.07. The topological polar surface area (TPSA) is 21.3 Å². The minimum atomic E-state index is 0.330. The summed E-state index contributed by atoms with van der Waals surface area (Å²) in [4.78, 5) is 0. The van der Waals surface area contributed by atoms with Crippen molar-refractivity contribution in [3.05, 3.63) is 34.4 Å². The number of benzene rings is 1. The Morgan fingerprint density at radius 3 is 2.35 bits per heavy atom. The highest BCUT2D eigenvalue weighted by Crippen LogP contribution is 2.27. The summed E-state index contributed by atoms with van der Waals surface area (Å²) in [6.07, 6.45) is 5.48. The molecular formula is C18H29NO. The van der Waals surface area contributed by atoms with Crippen LogP contribution in [-0.2, 0) is 4.74 Å². The van der Waals surface area contributed by atoms with E-state index in [2.05, 4.69) is 45.1 Å². The van der Waals surface area contributed by atoms with E-state index in [-0.39, 0.29) is 0 Å². The molecule has 1 aliphatic rings. The molecule has 1 aromatic rings. The lowest BCUT2D eigenvalue weighted by Gasteiger charge is -2.30. The lowest BCUT2D eigenvalue weighted by atomic mass is 9.93. The molecule has 1 fully saturated rings. The Kier molecular flexibility index (Phi) is 5.62. The molecule has 2 nitrogen and oxygen atoms in total. The number of aryl methyl sites for hydroxylation is 3. The molecule has 0 bridgehead atoms. The number of ether oxygens (including phenoxy) is 1. The van der Waals surface area contributed by atoms with Gasteiger partial charge in [-0.1, -0.05) is 24.6 Å². The van der Waals surface area contributed by atoms with Gasteiger partial charge in [0.25, 0.3) is 0 Å². The average molecular weight is 275 g/mol. The number of hydrogen-bond donors (Lipinski definition) is 1. The summed E-state index contributed by atoms with van der Waals surface area (Å²) in [5, 5.41) is 3.67. The Labute approximate surface area is 123 Å². The zero-order valence-electron chi connectivity index (χ0n) is 13.5. The molecule has 2 rings (SSSR count). The molecule has 0 heterocycles. The van der Waals surface area contributed by atoms with Gasteiger partial charge in [-0.25, -0.2) is 0 Å². The van der Waals surface area contributed by atoms with E-state index in [9.17, 15) is 0 Å². The van der Waals surface area contributed by atoms with E-state index in [0.29, 0.717) is 12.1 Å². The molecule has 0 aliphatic heterocycles. The van der Waals surface area contributed by atoms with Crippen molar-refractivity contribution in [1.29, 1.82) is 0 Å². The largest absolute Gasteiger partial charge is 0.376 e. The summed E-state index contributed by atoms with van der Waals surface area (Å²) in [5.74, 6) is 0. The van der Waals surface area contributed by atoms with E-state index in [1.807, 2.05) is 0 Å². The van der Waals surface area contributed by atoms with E-state index in [4.69, 9.17) is 4.74 Å². The summed E-state index contributed by atoms with van der Waals surface area (Å²) in [6.45, 7) is 10.7. The first-order valence-corrected chi connectivity index (χ1v) is 8.04. The van der Waals surface area contributed by atoms with Gasteiger partial charge in [-0.2, -0.15) is 0 Å². The van der Waals surface area contributed by atoms with Gasteiger partial charge in [-0.05, 0) is 69.7 Å². The second-order valence-electron chi connectivity index (χ2n) is 6.21. The SMILES string of the molecule is CCCNC(COC1CCC1)c1c(C)cc(C)cc1C. The lowest BCUT2D eigenvalue weighted by Crippen LogP contribution is -2.31. The van der Waals surface area contributed by atoms with E-state index < -0.39 is 0 Å². The first kappa shape index (κ1) is 15.5. The Morgan fingerprint density at radius 2 is 1.85 bits per heavy atom. The summed E-state index contributed by atoms with van der Waals surface area (Å²) in [5.41, 5.74) is 5.54. The maximum atomic E-state index is 6.07. The van der Waals surface area contributed by atoms with Crippen LogP contribution in [0.4, 0.5) is 0 Å². The molecule has 0 spiro atoms. The molecule has 0 aromatic heterocycles. The van der Waals surface area contributed by atoms with Gasteiger partial charge in [0.15, 0.2) is 0 Å². The summed E-state index contributed by atoms with van der Waals surface area (Å²) in [6, 6.07) is 4.90. The van der Waals surface area contributed by atoms with Gasteiger partial charge < -0.3 is 10.1 Å². The zero-order chi connectivity index (χ0) is 14.5. The Balaban J connectivity index is 2.11. The second-order valence-corrected chi connectivity index (χ2v) is 6.21. The monoisotopic (exact) mass is 275 g/mol. The van der Waals surface area contributed by atoms with Crippen LogP contribution in [-0.4, -0.2) is 19.3 Å². The Morgan fingerprint density at radius 1 is 1.20 bits per heavy atom. The van der Waals surface area contributed by atoms with Gasteiger partial charge in [0.2, 0.25) is 0 Å². The molecule has 0 amide bonds. The number of hydrogen-bond acceptors (Lipinski definition) is 2. The Bertz CT molecular complexity index is 414. The molecule has 1 N–H and O–H groups in total. The van der Waals surface area contributed by atoms with Crippen molar-refractivity contribution in [3.8, 4) is 0 Å². The molecule has 1 aromatic carbocycles. The van der Waals surface area contributed by atoms with Crippen LogP contribution in [0.5, 0.6) is 0 Å². The molecule has 1 unspecified atom stereocenters. The van der Waals surface area contributed by atoms with E-state index in [1.54, 1.807) is 0 Å². The molecule has 1 saturated carbocycles. The standard InChI is InChI=1S/C18H29NO/c1-5-9-19-17(12-20-16-7-6-8-16)18-14(3)10-13(2)11-15(18)4/h10-11,16-17,19H,5-9,12H2,1-4H3. The molecular weight excluding hydrogens is 246 g/mol. The van der Waals surface area contributed by atoms with Gasteiger partial charge in [-0.3, -0.25) is 0 Å². The van der Waals surface area contributed by atoms with Crippen LogP contribution in [0.15, 0.2) is 12.1 Å². The smallest absolute Gasteiger partial charge is 0.0665 e. The fourth-order valence-electron chi connectivity index (χ4n) is 3.07. The Hall–Kier alpha value is -0.860. The summed E-state index contributed by atoms with van der Waals surface area (Å²) < 4.78 is 6.07. The predicted octanol–water partition coefficient (Wildman–Crippen LogP) is 4.22. The van der Waals surface area contributed by atoms with Crippen molar-refractivity contribution in [2.24, 2.45) is 0 Å². The van der Waals surface area contributed by atoms with Crippen LogP contribution < -0.4 is 5.32 Å². The first-order chi connectivity index (χ1) is 9.61. The fraction of sp³-hybridized carbons (Fsp3) is 0.667. The van der Waals surface area contributed by atoms with Crippen molar-refractivity contribution in [1.82, 2.24) is 5.32 Å². The highest BCUT2D eigenvalue weighted by atomic mass is 16.5. The third-order valence-corrected chi connectivity index (χ3v) is 4.28. The maximum Gasteiger partial charge on any atom is 0.0665 e. The van der Waals surface area contributed by atoms with Gasteiger partial charge >= 0.3 is 0 Å². The average Bonchev–Trinajstić information content (AvgIpc) is 2.31. The van der Waals surface area contributed by atoms with Gasteiger partial charge in [0.05, 0.1) is 18.8 Å². The van der Waals surface area contributed by atoms with Crippen molar-refractivity contribution in [2.45, 2.75) is 65.5 Å². The van der Waals surface area contributed by atoms with Crippen molar-refractivity contribution >= 4 is 0 Å². The lowest BCUT2D eigenvalue weighted by molar-refractivity contribution is -0.00890. The van der Waals surface area contributed by atoms with Crippen molar-refractivity contribution < 1.29 is 4.74 Å². The highest BCUT2D eigenvalue weighted by molar-refractivity contribution is 5.39. The van der Waals surface area contributed by atoms with Crippen LogP contribution in [0, 0.1) is 20.8 Å². The van der Waals surface area contributed by atoms with Gasteiger partial charge in [0.1, 0.15) is 0 Å². The molecule has 20 heavy (non-hydrogen) atoms. The molecule has 2 heteroatoms. The molecule has 1 aliphatic carbocycles. The van der Waals surface area contributed by atoms with Gasteiger partial charge in [0, 0.05) is 0 Å². The second kappa shape index (κ2) is 7.24. The quantitative estimate of drug-likeness (QED) is 0.804. The molecule has 112 valence electrons. The van der Waals surface area contributed by atoms with Gasteiger partial charge in [-0.15, -0.1) is 0 Å². The minimum Gasteiger partial charge on any atom is -0.376 e. The molecule has 0 radical (unpaired) electrons.